The average molecular weight is 454 g/mol. The Hall–Kier alpha value is -2.19. The number of thioether (sulfide) groups is 1. The second kappa shape index (κ2) is 13.3. The summed E-state index contributed by atoms with van der Waals surface area (Å²) in [7, 11) is 1.38. The highest BCUT2D eigenvalue weighted by Gasteiger charge is 2.30. The molecule has 0 aromatic heterocycles. The van der Waals surface area contributed by atoms with Crippen molar-refractivity contribution in [3.05, 3.63) is 54.1 Å². The Morgan fingerprint density at radius 2 is 2.19 bits per heavy atom. The maximum Gasteiger partial charge on any atom is 0.305 e. The largest absolute Gasteiger partial charge is 0.469 e. The predicted octanol–water partition coefficient (Wildman–Crippen LogP) is 5.12. The molecule has 0 radical (unpaired) electrons. The Kier molecular flexibility index (Phi) is 10.7. The van der Waals surface area contributed by atoms with Crippen molar-refractivity contribution in [3.63, 3.8) is 0 Å². The van der Waals surface area contributed by atoms with Crippen LogP contribution in [0.4, 0.5) is 8.78 Å². The number of benzene rings is 1. The van der Waals surface area contributed by atoms with Crippen LogP contribution in [0, 0.1) is 23.5 Å². The minimum absolute atomic E-state index is 0.0769. The number of esters is 1. The van der Waals surface area contributed by atoms with Crippen LogP contribution >= 0.6 is 11.8 Å². The SMILES string of the molecule is COC(=O)CCC/C=C\C[C@H]1CC/C(=N/O)C1/C=C/[C@@H](O)CSc1ccc(F)cc1F. The maximum atomic E-state index is 13.7. The summed E-state index contributed by atoms with van der Waals surface area (Å²) in [5.41, 5.74) is 0.685. The predicted molar refractivity (Wildman–Crippen MR) is 117 cm³/mol. The van der Waals surface area contributed by atoms with Crippen molar-refractivity contribution >= 4 is 23.4 Å². The van der Waals surface area contributed by atoms with E-state index in [2.05, 4.69) is 16.0 Å². The van der Waals surface area contributed by atoms with Crippen molar-refractivity contribution < 1.29 is 28.6 Å². The van der Waals surface area contributed by atoms with Gasteiger partial charge >= 0.3 is 5.97 Å². The fraction of sp³-hybridized carbons (Fsp3) is 0.478. The number of aliphatic hydroxyl groups is 1. The first-order chi connectivity index (χ1) is 14.9. The van der Waals surface area contributed by atoms with E-state index >= 15 is 0 Å². The summed E-state index contributed by atoms with van der Waals surface area (Å²) in [5, 5.41) is 23.0. The molecule has 1 unspecified atom stereocenters. The van der Waals surface area contributed by atoms with E-state index in [0.717, 1.165) is 43.5 Å². The summed E-state index contributed by atoms with van der Waals surface area (Å²) in [4.78, 5) is 11.4. The minimum Gasteiger partial charge on any atom is -0.469 e. The summed E-state index contributed by atoms with van der Waals surface area (Å²) in [5.74, 6) is -1.09. The number of oxime groups is 1. The molecule has 1 saturated carbocycles. The number of carbonyl (C=O) groups is 1. The Labute approximate surface area is 185 Å². The fourth-order valence-corrected chi connectivity index (χ4v) is 4.35. The molecule has 0 saturated heterocycles. The van der Waals surface area contributed by atoms with Crippen molar-refractivity contribution in [2.24, 2.45) is 17.0 Å². The van der Waals surface area contributed by atoms with Crippen LogP contribution in [-0.2, 0) is 9.53 Å². The second-order valence-electron chi connectivity index (χ2n) is 7.43. The summed E-state index contributed by atoms with van der Waals surface area (Å²) < 4.78 is 31.3. The van der Waals surface area contributed by atoms with E-state index in [-0.39, 0.29) is 28.5 Å². The van der Waals surface area contributed by atoms with E-state index in [1.165, 1.54) is 19.2 Å². The Bertz CT molecular complexity index is 813. The van der Waals surface area contributed by atoms with Crippen molar-refractivity contribution in [3.8, 4) is 0 Å². The first-order valence-corrected chi connectivity index (χ1v) is 11.3. The molecule has 1 aromatic carbocycles. The molecule has 2 N–H and O–H groups in total. The van der Waals surface area contributed by atoms with Crippen molar-refractivity contribution in [1.29, 1.82) is 0 Å². The lowest BCUT2D eigenvalue weighted by Gasteiger charge is -2.15. The molecule has 31 heavy (non-hydrogen) atoms. The molecule has 8 heteroatoms. The van der Waals surface area contributed by atoms with Gasteiger partial charge in [-0.05, 0) is 50.2 Å². The van der Waals surface area contributed by atoms with Gasteiger partial charge in [0.2, 0.25) is 0 Å². The normalized spacial score (nSPS) is 21.4. The summed E-state index contributed by atoms with van der Waals surface area (Å²) in [6.45, 7) is 0. The Balaban J connectivity index is 1.84. The van der Waals surface area contributed by atoms with Gasteiger partial charge in [0.15, 0.2) is 0 Å². The van der Waals surface area contributed by atoms with Gasteiger partial charge in [0, 0.05) is 29.1 Å². The number of ether oxygens (including phenoxy) is 1. The highest BCUT2D eigenvalue weighted by molar-refractivity contribution is 7.99. The van der Waals surface area contributed by atoms with Crippen LogP contribution in [0.15, 0.2) is 52.6 Å². The molecule has 1 aromatic rings. The number of unbranched alkanes of at least 4 members (excludes halogenated alkanes) is 1. The van der Waals surface area contributed by atoms with Crippen LogP contribution in [0.5, 0.6) is 0 Å². The summed E-state index contributed by atoms with van der Waals surface area (Å²) in [6.07, 6.45) is 11.1. The lowest BCUT2D eigenvalue weighted by molar-refractivity contribution is -0.140. The van der Waals surface area contributed by atoms with E-state index < -0.39 is 17.7 Å². The minimum atomic E-state index is -0.815. The third kappa shape index (κ3) is 8.45. The van der Waals surface area contributed by atoms with Crippen LogP contribution in [-0.4, -0.2) is 41.0 Å². The van der Waals surface area contributed by atoms with Gasteiger partial charge in [-0.1, -0.05) is 29.5 Å². The van der Waals surface area contributed by atoms with E-state index in [9.17, 15) is 23.9 Å². The molecule has 3 atom stereocenters. The topological polar surface area (TPSA) is 79.1 Å². The molecule has 5 nitrogen and oxygen atoms in total. The Morgan fingerprint density at radius 1 is 1.39 bits per heavy atom. The van der Waals surface area contributed by atoms with Crippen LogP contribution in [0.3, 0.4) is 0 Å². The number of carbonyl (C=O) groups excluding carboxylic acids is 1. The summed E-state index contributed by atoms with van der Waals surface area (Å²) >= 11 is 1.11. The number of methoxy groups -OCH3 is 1. The van der Waals surface area contributed by atoms with Gasteiger partial charge in [-0.3, -0.25) is 4.79 Å². The van der Waals surface area contributed by atoms with Crippen LogP contribution in [0.1, 0.15) is 38.5 Å². The molecule has 1 aliphatic rings. The highest BCUT2D eigenvalue weighted by atomic mass is 32.2. The number of hydrogen-bond donors (Lipinski definition) is 2. The molecular weight excluding hydrogens is 424 g/mol. The first-order valence-electron chi connectivity index (χ1n) is 10.3. The molecule has 1 aliphatic carbocycles. The number of rotatable bonds is 11. The lowest BCUT2D eigenvalue weighted by atomic mass is 9.91. The van der Waals surface area contributed by atoms with Gasteiger partial charge in [-0.25, -0.2) is 8.78 Å². The third-order valence-corrected chi connectivity index (χ3v) is 6.37. The van der Waals surface area contributed by atoms with Crippen molar-refractivity contribution in [2.75, 3.05) is 12.9 Å². The molecule has 0 aliphatic heterocycles. The molecule has 170 valence electrons. The van der Waals surface area contributed by atoms with Crippen LogP contribution in [0.25, 0.3) is 0 Å². The van der Waals surface area contributed by atoms with E-state index in [0.29, 0.717) is 18.6 Å². The quantitative estimate of drug-likeness (QED) is 0.121. The number of aliphatic hydroxyl groups excluding tert-OH is 1. The van der Waals surface area contributed by atoms with Gasteiger partial charge in [-0.2, -0.15) is 0 Å². The zero-order valence-electron chi connectivity index (χ0n) is 17.5. The molecule has 0 amide bonds. The lowest BCUT2D eigenvalue weighted by Crippen LogP contribution is -2.14. The molecule has 0 heterocycles. The number of hydrogen-bond acceptors (Lipinski definition) is 6. The fourth-order valence-electron chi connectivity index (χ4n) is 3.53. The smallest absolute Gasteiger partial charge is 0.305 e. The summed E-state index contributed by atoms with van der Waals surface area (Å²) in [6, 6.07) is 3.36. The monoisotopic (exact) mass is 453 g/mol. The van der Waals surface area contributed by atoms with Gasteiger partial charge in [-0.15, -0.1) is 11.8 Å². The van der Waals surface area contributed by atoms with Crippen LogP contribution in [0.2, 0.25) is 0 Å². The average Bonchev–Trinajstić information content (AvgIpc) is 3.15. The molecular formula is C23H29F2NO4S. The van der Waals surface area contributed by atoms with Gasteiger partial charge in [0.25, 0.3) is 0 Å². The zero-order chi connectivity index (χ0) is 22.6. The number of halogens is 2. The highest BCUT2D eigenvalue weighted by Crippen LogP contribution is 2.34. The molecule has 0 spiro atoms. The van der Waals surface area contributed by atoms with Gasteiger partial charge in [0.05, 0.1) is 18.9 Å². The maximum absolute atomic E-state index is 13.7. The van der Waals surface area contributed by atoms with Gasteiger partial charge < -0.3 is 15.1 Å². The van der Waals surface area contributed by atoms with E-state index in [1.807, 2.05) is 12.2 Å². The first kappa shape index (κ1) is 25.1. The Morgan fingerprint density at radius 3 is 2.90 bits per heavy atom. The number of allylic oxidation sites excluding steroid dienone is 3. The van der Waals surface area contributed by atoms with Crippen molar-refractivity contribution in [1.82, 2.24) is 0 Å². The standard InChI is InChI=1S/C23H29F2NO4S/c1-30-23(28)7-5-3-2-4-6-16-8-12-21(26-29)19(16)11-10-18(27)15-31-22-13-9-17(24)14-20(22)25/h2,4,9-11,13-14,16,18-19,27,29H,3,5-8,12,15H2,1H3/b4-2-,11-10+,26-21-/t16-,18+,19?/m0/s1. The molecule has 1 fully saturated rings. The second-order valence-corrected chi connectivity index (χ2v) is 8.49. The van der Waals surface area contributed by atoms with Gasteiger partial charge in [0.1, 0.15) is 11.6 Å². The van der Waals surface area contributed by atoms with Crippen LogP contribution < -0.4 is 0 Å². The number of nitrogens with zero attached hydrogens (tertiary/aromatic N) is 1. The zero-order valence-corrected chi connectivity index (χ0v) is 18.4. The molecule has 0 bridgehead atoms. The van der Waals surface area contributed by atoms with E-state index in [1.54, 1.807) is 6.08 Å². The van der Waals surface area contributed by atoms with Crippen molar-refractivity contribution in [2.45, 2.75) is 49.5 Å². The van der Waals surface area contributed by atoms with E-state index in [4.69, 9.17) is 0 Å². The third-order valence-electron chi connectivity index (χ3n) is 5.22. The molecule has 2 rings (SSSR count).